The van der Waals surface area contributed by atoms with Crippen LogP contribution in [0.5, 0.6) is 0 Å². The van der Waals surface area contributed by atoms with Crippen molar-refractivity contribution in [3.63, 3.8) is 0 Å². The number of hydrogen-bond acceptors (Lipinski definition) is 2. The molecule has 1 saturated carbocycles. The van der Waals surface area contributed by atoms with Crippen molar-refractivity contribution in [1.29, 1.82) is 0 Å². The van der Waals surface area contributed by atoms with Crippen molar-refractivity contribution in [3.05, 3.63) is 89.6 Å². The first kappa shape index (κ1) is 22.1. The Morgan fingerprint density at radius 1 is 0.800 bits per heavy atom. The fourth-order valence-electron chi connectivity index (χ4n) is 6.23. The summed E-state index contributed by atoms with van der Waals surface area (Å²) in [7, 11) is 0. The van der Waals surface area contributed by atoms with Crippen molar-refractivity contribution in [3.8, 4) is 22.4 Å². The number of hydrogen-bond donors (Lipinski definition) is 0. The van der Waals surface area contributed by atoms with Gasteiger partial charge >= 0.3 is 0 Å². The molecule has 2 heterocycles. The van der Waals surface area contributed by atoms with Gasteiger partial charge in [-0.2, -0.15) is 0 Å². The Hall–Kier alpha value is -3.39. The molecule has 6 rings (SSSR count). The van der Waals surface area contributed by atoms with Gasteiger partial charge in [-0.25, -0.2) is 0 Å². The first-order valence-electron chi connectivity index (χ1n) is 12.9. The molecule has 0 spiro atoms. The highest BCUT2D eigenvalue weighted by molar-refractivity contribution is 6.13. The monoisotopic (exact) mass is 459 g/mol. The summed E-state index contributed by atoms with van der Waals surface area (Å²) in [5, 5.41) is 2.34. The molecule has 0 aliphatic heterocycles. The Bertz CT molecular complexity index is 1530. The number of fused-ring (bicyclic) bond motifs is 3. The van der Waals surface area contributed by atoms with Gasteiger partial charge in [-0.3, -0.25) is 4.98 Å². The molecule has 1 aliphatic carbocycles. The second-order valence-corrected chi connectivity index (χ2v) is 11.0. The Labute approximate surface area is 208 Å². The molecule has 0 radical (unpaired) electrons. The number of pyridine rings is 1. The molecule has 0 bridgehead atoms. The lowest BCUT2D eigenvalue weighted by Gasteiger charge is -2.32. The van der Waals surface area contributed by atoms with Crippen LogP contribution in [0.4, 0.5) is 0 Å². The second kappa shape index (κ2) is 8.37. The van der Waals surface area contributed by atoms with Gasteiger partial charge < -0.3 is 4.42 Å². The molecular formula is C33H33NO. The van der Waals surface area contributed by atoms with E-state index in [0.29, 0.717) is 0 Å². The zero-order chi connectivity index (χ0) is 24.2. The summed E-state index contributed by atoms with van der Waals surface area (Å²) in [6, 6.07) is 24.2. The number of aryl methyl sites for hydroxylation is 2. The van der Waals surface area contributed by atoms with Gasteiger partial charge in [-0.15, -0.1) is 0 Å². The van der Waals surface area contributed by atoms with E-state index in [9.17, 15) is 0 Å². The lowest BCUT2D eigenvalue weighted by atomic mass is 9.72. The Kier molecular flexibility index (Phi) is 5.29. The maximum atomic E-state index is 6.39. The molecule has 0 amide bonds. The first-order valence-corrected chi connectivity index (χ1v) is 12.9. The minimum absolute atomic E-state index is 0.147. The van der Waals surface area contributed by atoms with Crippen LogP contribution >= 0.6 is 0 Å². The minimum Gasteiger partial charge on any atom is -0.456 e. The quantitative estimate of drug-likeness (QED) is 0.267. The maximum absolute atomic E-state index is 6.39. The third kappa shape index (κ3) is 3.86. The highest BCUT2D eigenvalue weighted by Gasteiger charge is 2.33. The van der Waals surface area contributed by atoms with Crippen molar-refractivity contribution < 1.29 is 4.42 Å². The van der Waals surface area contributed by atoms with Crippen LogP contribution in [0, 0.1) is 19.8 Å². The van der Waals surface area contributed by atoms with Gasteiger partial charge in [0.1, 0.15) is 11.2 Å². The molecule has 1 fully saturated rings. The molecule has 2 heteroatoms. The Balaban J connectivity index is 1.57. The fourth-order valence-corrected chi connectivity index (χ4v) is 6.23. The molecule has 35 heavy (non-hydrogen) atoms. The average Bonchev–Trinajstić information content (AvgIpc) is 3.51. The smallest absolute Gasteiger partial charge is 0.136 e. The van der Waals surface area contributed by atoms with E-state index < -0.39 is 0 Å². The van der Waals surface area contributed by atoms with E-state index in [1.54, 1.807) is 0 Å². The summed E-state index contributed by atoms with van der Waals surface area (Å²) in [5.74, 6) is 0.737. The molecule has 5 aromatic rings. The lowest BCUT2D eigenvalue weighted by molar-refractivity contribution is 0.325. The largest absolute Gasteiger partial charge is 0.456 e. The molecule has 0 N–H and O–H groups in total. The molecule has 176 valence electrons. The number of furan rings is 1. The van der Waals surface area contributed by atoms with Crippen molar-refractivity contribution in [2.75, 3.05) is 0 Å². The van der Waals surface area contributed by atoms with Gasteiger partial charge in [0.2, 0.25) is 0 Å². The first-order chi connectivity index (χ1) is 16.9. The summed E-state index contributed by atoms with van der Waals surface area (Å²) < 4.78 is 6.39. The zero-order valence-electron chi connectivity index (χ0n) is 21.2. The topological polar surface area (TPSA) is 26.0 Å². The van der Waals surface area contributed by atoms with Crippen LogP contribution in [0.25, 0.3) is 44.3 Å². The number of rotatable bonds is 4. The van der Waals surface area contributed by atoms with Crippen LogP contribution in [0.3, 0.4) is 0 Å². The summed E-state index contributed by atoms with van der Waals surface area (Å²) in [4.78, 5) is 4.84. The van der Waals surface area contributed by atoms with E-state index in [0.717, 1.165) is 33.7 Å². The van der Waals surface area contributed by atoms with E-state index in [2.05, 4.69) is 88.4 Å². The zero-order valence-corrected chi connectivity index (χ0v) is 21.2. The van der Waals surface area contributed by atoms with E-state index in [4.69, 9.17) is 9.40 Å². The predicted octanol–water partition coefficient (Wildman–Crippen LogP) is 9.40. The number of nitrogens with zero attached hydrogens (tertiary/aromatic N) is 1. The number of para-hydroxylation sites is 1. The number of aromatic nitrogens is 1. The SMILES string of the molecule is Cc1cc(C)cc(-c2cc(-c3cc(C(C)(C)C4CCCC4)ccn3)cc3oc4ccccc4c23)c1. The van der Waals surface area contributed by atoms with Gasteiger partial charge in [0.05, 0.1) is 5.69 Å². The third-order valence-corrected chi connectivity index (χ3v) is 8.19. The second-order valence-electron chi connectivity index (χ2n) is 11.0. The molecule has 2 nitrogen and oxygen atoms in total. The van der Waals surface area contributed by atoms with Crippen LogP contribution in [-0.2, 0) is 5.41 Å². The van der Waals surface area contributed by atoms with E-state index in [1.807, 2.05) is 12.3 Å². The van der Waals surface area contributed by atoms with Gasteiger partial charge in [0, 0.05) is 22.5 Å². The normalized spacial score (nSPS) is 14.9. The lowest BCUT2D eigenvalue weighted by Crippen LogP contribution is -2.26. The van der Waals surface area contributed by atoms with Gasteiger partial charge in [0.25, 0.3) is 0 Å². The highest BCUT2D eigenvalue weighted by atomic mass is 16.3. The summed E-state index contributed by atoms with van der Waals surface area (Å²) in [5.41, 5.74) is 10.5. The van der Waals surface area contributed by atoms with Crippen LogP contribution < -0.4 is 0 Å². The molecular weight excluding hydrogens is 426 g/mol. The van der Waals surface area contributed by atoms with E-state index in [-0.39, 0.29) is 5.41 Å². The molecule has 0 atom stereocenters. The third-order valence-electron chi connectivity index (χ3n) is 8.19. The minimum atomic E-state index is 0.147. The Morgan fingerprint density at radius 2 is 1.54 bits per heavy atom. The molecule has 0 saturated heterocycles. The highest BCUT2D eigenvalue weighted by Crippen LogP contribution is 2.44. The van der Waals surface area contributed by atoms with Crippen molar-refractivity contribution in [2.45, 2.75) is 58.8 Å². The van der Waals surface area contributed by atoms with Gasteiger partial charge in [-0.05, 0) is 85.0 Å². The number of benzene rings is 3. The van der Waals surface area contributed by atoms with Crippen LogP contribution in [0.2, 0.25) is 0 Å². The van der Waals surface area contributed by atoms with Crippen LogP contribution in [0.15, 0.2) is 77.3 Å². The predicted molar refractivity (Wildman–Crippen MR) is 147 cm³/mol. The summed E-state index contributed by atoms with van der Waals surface area (Å²) in [6.45, 7) is 9.15. The van der Waals surface area contributed by atoms with E-state index in [1.165, 1.54) is 58.9 Å². The maximum Gasteiger partial charge on any atom is 0.136 e. The van der Waals surface area contributed by atoms with Crippen molar-refractivity contribution in [1.82, 2.24) is 4.98 Å². The van der Waals surface area contributed by atoms with Crippen molar-refractivity contribution in [2.24, 2.45) is 5.92 Å². The average molecular weight is 460 g/mol. The van der Waals surface area contributed by atoms with Crippen molar-refractivity contribution >= 4 is 21.9 Å². The van der Waals surface area contributed by atoms with Gasteiger partial charge in [-0.1, -0.05) is 74.2 Å². The molecule has 3 aromatic carbocycles. The molecule has 1 aliphatic rings. The fraction of sp³-hybridized carbons (Fsp3) is 0.303. The van der Waals surface area contributed by atoms with Crippen LogP contribution in [-0.4, -0.2) is 4.98 Å². The van der Waals surface area contributed by atoms with Gasteiger partial charge in [0.15, 0.2) is 0 Å². The standard InChI is InChI=1S/C33H33NO/c1-21-15-22(2)17-23(16-21)28-18-24(19-31-32(28)27-11-7-8-12-30(27)35-31)29-20-26(13-14-34-29)33(3,4)25-9-5-6-10-25/h7-8,11-20,25H,5-6,9-10H2,1-4H3. The molecule has 0 unspecified atom stereocenters. The van der Waals surface area contributed by atoms with Crippen LogP contribution in [0.1, 0.15) is 56.2 Å². The summed E-state index contributed by atoms with van der Waals surface area (Å²) >= 11 is 0. The summed E-state index contributed by atoms with van der Waals surface area (Å²) in [6.07, 6.45) is 7.35. The molecule has 2 aromatic heterocycles. The Morgan fingerprint density at radius 3 is 2.31 bits per heavy atom. The van der Waals surface area contributed by atoms with E-state index >= 15 is 0 Å².